The van der Waals surface area contributed by atoms with E-state index in [9.17, 15) is 4.79 Å². The Morgan fingerprint density at radius 2 is 1.83 bits per heavy atom. The van der Waals surface area contributed by atoms with Crippen molar-refractivity contribution in [3.05, 3.63) is 59.7 Å². The van der Waals surface area contributed by atoms with Crippen molar-refractivity contribution in [3.63, 3.8) is 0 Å². The zero-order valence-electron chi connectivity index (χ0n) is 14.5. The average Bonchev–Trinajstić information content (AvgIpc) is 2.61. The molecule has 1 unspecified atom stereocenters. The van der Waals surface area contributed by atoms with E-state index in [1.54, 1.807) is 4.90 Å². The molecule has 126 valence electrons. The smallest absolute Gasteiger partial charge is 0.257 e. The number of benzene rings is 2. The van der Waals surface area contributed by atoms with Crippen LogP contribution in [0.5, 0.6) is 5.75 Å². The minimum Gasteiger partial charge on any atom is -0.494 e. The fourth-order valence-electron chi connectivity index (χ4n) is 2.98. The molecule has 1 atom stereocenters. The van der Waals surface area contributed by atoms with Gasteiger partial charge in [0.2, 0.25) is 0 Å². The van der Waals surface area contributed by atoms with Crippen molar-refractivity contribution in [1.82, 2.24) is 4.90 Å². The Morgan fingerprint density at radius 3 is 2.54 bits per heavy atom. The SMILES string of the molecule is CCCCOc1ccc(C2(C)Nc3ccccc3C(=O)N2C)cc1. The first-order chi connectivity index (χ1) is 11.6. The first-order valence-electron chi connectivity index (χ1n) is 8.45. The van der Waals surface area contributed by atoms with E-state index in [-0.39, 0.29) is 5.91 Å². The first-order valence-corrected chi connectivity index (χ1v) is 8.45. The van der Waals surface area contributed by atoms with Crippen molar-refractivity contribution in [3.8, 4) is 5.75 Å². The third-order valence-electron chi connectivity index (χ3n) is 4.69. The van der Waals surface area contributed by atoms with Crippen molar-refractivity contribution >= 4 is 11.6 Å². The molecule has 3 rings (SSSR count). The molecule has 1 N–H and O–H groups in total. The number of hydrogen-bond acceptors (Lipinski definition) is 3. The third kappa shape index (κ3) is 2.84. The summed E-state index contributed by atoms with van der Waals surface area (Å²) in [5, 5.41) is 3.51. The van der Waals surface area contributed by atoms with Gasteiger partial charge in [-0.1, -0.05) is 37.6 Å². The van der Waals surface area contributed by atoms with Crippen molar-refractivity contribution < 1.29 is 9.53 Å². The van der Waals surface area contributed by atoms with Crippen LogP contribution in [-0.4, -0.2) is 24.5 Å². The number of amides is 1. The molecule has 0 aromatic heterocycles. The van der Waals surface area contributed by atoms with E-state index in [1.807, 2.05) is 62.5 Å². The maximum Gasteiger partial charge on any atom is 0.257 e. The highest BCUT2D eigenvalue weighted by Gasteiger charge is 2.40. The molecule has 0 aliphatic carbocycles. The van der Waals surface area contributed by atoms with E-state index < -0.39 is 5.66 Å². The van der Waals surface area contributed by atoms with Gasteiger partial charge in [-0.15, -0.1) is 0 Å². The van der Waals surface area contributed by atoms with Gasteiger partial charge in [0, 0.05) is 12.7 Å². The highest BCUT2D eigenvalue weighted by molar-refractivity contribution is 6.02. The van der Waals surface area contributed by atoms with Crippen molar-refractivity contribution in [2.24, 2.45) is 0 Å². The van der Waals surface area contributed by atoms with Gasteiger partial charge >= 0.3 is 0 Å². The molecule has 0 spiro atoms. The summed E-state index contributed by atoms with van der Waals surface area (Å²) in [6.45, 7) is 4.90. The molecule has 0 fully saturated rings. The second kappa shape index (κ2) is 6.56. The van der Waals surface area contributed by atoms with Crippen LogP contribution >= 0.6 is 0 Å². The highest BCUT2D eigenvalue weighted by atomic mass is 16.5. The van der Waals surface area contributed by atoms with Gasteiger partial charge in [0.15, 0.2) is 0 Å². The molecule has 24 heavy (non-hydrogen) atoms. The van der Waals surface area contributed by atoms with Gasteiger partial charge in [-0.2, -0.15) is 0 Å². The van der Waals surface area contributed by atoms with Gasteiger partial charge in [-0.3, -0.25) is 4.79 Å². The van der Waals surface area contributed by atoms with Crippen molar-refractivity contribution in [2.75, 3.05) is 19.0 Å². The third-order valence-corrected chi connectivity index (χ3v) is 4.69. The number of carbonyl (C=O) groups excluding carboxylic acids is 1. The topological polar surface area (TPSA) is 41.6 Å². The number of fused-ring (bicyclic) bond motifs is 1. The van der Waals surface area contributed by atoms with Gasteiger partial charge in [0.05, 0.1) is 12.2 Å². The number of ether oxygens (including phenoxy) is 1. The number of unbranched alkanes of at least 4 members (excludes halogenated alkanes) is 1. The Balaban J connectivity index is 1.86. The van der Waals surface area contributed by atoms with E-state index in [0.717, 1.165) is 36.4 Å². The predicted molar refractivity (Wildman–Crippen MR) is 96.4 cm³/mol. The van der Waals surface area contributed by atoms with Gasteiger partial charge in [-0.05, 0) is 43.2 Å². The van der Waals surface area contributed by atoms with Gasteiger partial charge in [0.1, 0.15) is 11.4 Å². The number of rotatable bonds is 5. The molecule has 0 saturated heterocycles. The molecular weight excluding hydrogens is 300 g/mol. The predicted octanol–water partition coefficient (Wildman–Crippen LogP) is 4.24. The Kier molecular flexibility index (Phi) is 4.47. The van der Waals surface area contributed by atoms with Crippen molar-refractivity contribution in [2.45, 2.75) is 32.4 Å². The Morgan fingerprint density at radius 1 is 1.12 bits per heavy atom. The normalized spacial score (nSPS) is 19.6. The average molecular weight is 324 g/mol. The number of hydrogen-bond donors (Lipinski definition) is 1. The standard InChI is InChI=1S/C20H24N2O2/c1-4-5-14-24-16-12-10-15(11-13-16)20(2)21-18-9-7-6-8-17(18)19(23)22(20)3/h6-13,21H,4-5,14H2,1-3H3. The van der Waals surface area contributed by atoms with Crippen LogP contribution in [0.3, 0.4) is 0 Å². The van der Waals surface area contributed by atoms with Gasteiger partial charge in [0.25, 0.3) is 5.91 Å². The van der Waals surface area contributed by atoms with E-state index in [1.165, 1.54) is 0 Å². The number of nitrogens with one attached hydrogen (secondary N) is 1. The fraction of sp³-hybridized carbons (Fsp3) is 0.350. The van der Waals surface area contributed by atoms with Crippen LogP contribution in [0.1, 0.15) is 42.6 Å². The van der Waals surface area contributed by atoms with Crippen LogP contribution in [-0.2, 0) is 5.66 Å². The van der Waals surface area contributed by atoms with E-state index >= 15 is 0 Å². The lowest BCUT2D eigenvalue weighted by molar-refractivity contribution is 0.0615. The van der Waals surface area contributed by atoms with E-state index in [0.29, 0.717) is 5.56 Å². The maximum atomic E-state index is 12.7. The molecule has 1 aliphatic heterocycles. The quantitative estimate of drug-likeness (QED) is 0.837. The number of nitrogens with zero attached hydrogens (tertiary/aromatic N) is 1. The molecule has 2 aromatic rings. The second-order valence-corrected chi connectivity index (χ2v) is 6.33. The molecule has 4 heteroatoms. The molecule has 4 nitrogen and oxygen atoms in total. The highest BCUT2D eigenvalue weighted by Crippen LogP contribution is 2.37. The summed E-state index contributed by atoms with van der Waals surface area (Å²) in [5.74, 6) is 0.885. The lowest BCUT2D eigenvalue weighted by atomic mass is 9.94. The molecule has 1 heterocycles. The van der Waals surface area contributed by atoms with Crippen LogP contribution in [0.2, 0.25) is 0 Å². The zero-order chi connectivity index (χ0) is 17.2. The summed E-state index contributed by atoms with van der Waals surface area (Å²) >= 11 is 0. The van der Waals surface area contributed by atoms with Crippen LogP contribution in [0.4, 0.5) is 5.69 Å². The largest absolute Gasteiger partial charge is 0.494 e. The minimum absolute atomic E-state index is 0.0233. The zero-order valence-corrected chi connectivity index (χ0v) is 14.5. The molecule has 0 saturated carbocycles. The van der Waals surface area contributed by atoms with Crippen molar-refractivity contribution in [1.29, 1.82) is 0 Å². The summed E-state index contributed by atoms with van der Waals surface area (Å²) in [7, 11) is 1.83. The molecule has 1 amide bonds. The number of carbonyl (C=O) groups is 1. The lowest BCUT2D eigenvalue weighted by Gasteiger charge is -2.44. The summed E-state index contributed by atoms with van der Waals surface area (Å²) in [6.07, 6.45) is 2.17. The van der Waals surface area contributed by atoms with E-state index in [4.69, 9.17) is 4.74 Å². The maximum absolute atomic E-state index is 12.7. The van der Waals surface area contributed by atoms with Gasteiger partial charge < -0.3 is 15.0 Å². The Hall–Kier alpha value is -2.49. The Labute approximate surface area is 143 Å². The van der Waals surface area contributed by atoms with Crippen LogP contribution in [0.25, 0.3) is 0 Å². The molecule has 0 bridgehead atoms. The van der Waals surface area contributed by atoms with Gasteiger partial charge in [-0.25, -0.2) is 0 Å². The summed E-state index contributed by atoms with van der Waals surface area (Å²) in [5.41, 5.74) is 2.01. The number of para-hydroxylation sites is 1. The molecular formula is C20H24N2O2. The molecule has 1 aliphatic rings. The first kappa shape index (κ1) is 16.4. The second-order valence-electron chi connectivity index (χ2n) is 6.33. The number of anilines is 1. The fourth-order valence-corrected chi connectivity index (χ4v) is 2.98. The Bertz CT molecular complexity index is 727. The summed E-state index contributed by atoms with van der Waals surface area (Å²) in [4.78, 5) is 14.5. The van der Waals surface area contributed by atoms with Crippen LogP contribution < -0.4 is 10.1 Å². The van der Waals surface area contributed by atoms with Crippen LogP contribution in [0.15, 0.2) is 48.5 Å². The molecule has 2 aromatic carbocycles. The minimum atomic E-state index is -0.590. The summed E-state index contributed by atoms with van der Waals surface area (Å²) < 4.78 is 5.72. The van der Waals surface area contributed by atoms with E-state index in [2.05, 4.69) is 12.2 Å². The summed E-state index contributed by atoms with van der Waals surface area (Å²) in [6, 6.07) is 15.6. The lowest BCUT2D eigenvalue weighted by Crippen LogP contribution is -2.53. The van der Waals surface area contributed by atoms with Crippen LogP contribution in [0, 0.1) is 0 Å². The monoisotopic (exact) mass is 324 g/mol. The molecule has 0 radical (unpaired) electrons.